The zero-order chi connectivity index (χ0) is 18.8. The summed E-state index contributed by atoms with van der Waals surface area (Å²) >= 11 is 12.5. The maximum atomic E-state index is 12.7. The fraction of sp³-hybridized carbons (Fsp3) is 0.263. The van der Waals surface area contributed by atoms with Gasteiger partial charge >= 0.3 is 6.03 Å². The average Bonchev–Trinajstić information content (AvgIpc) is 2.99. The molecule has 140 valence electrons. The Morgan fingerprint density at radius 2 is 2.00 bits per heavy atom. The van der Waals surface area contributed by atoms with Crippen LogP contribution in [0.25, 0.3) is 10.9 Å². The number of hydrogen-bond acceptors (Lipinski definition) is 3. The van der Waals surface area contributed by atoms with E-state index >= 15 is 0 Å². The van der Waals surface area contributed by atoms with Gasteiger partial charge in [-0.2, -0.15) is 5.10 Å². The second-order valence-electron chi connectivity index (χ2n) is 6.50. The van der Waals surface area contributed by atoms with E-state index in [4.69, 9.17) is 23.2 Å². The van der Waals surface area contributed by atoms with Crippen LogP contribution in [0.3, 0.4) is 0 Å². The molecule has 1 saturated heterocycles. The Hall–Kier alpha value is -2.44. The van der Waals surface area contributed by atoms with E-state index in [9.17, 15) is 4.79 Å². The maximum absolute atomic E-state index is 12.7. The van der Waals surface area contributed by atoms with Crippen molar-refractivity contribution >= 4 is 51.5 Å². The lowest BCUT2D eigenvalue weighted by Crippen LogP contribution is -2.38. The number of amides is 2. The molecule has 27 heavy (non-hydrogen) atoms. The molecule has 1 aliphatic heterocycles. The first kappa shape index (κ1) is 17.9. The van der Waals surface area contributed by atoms with Crippen LogP contribution in [0.1, 0.15) is 6.42 Å². The third-order valence-corrected chi connectivity index (χ3v) is 5.56. The second-order valence-corrected chi connectivity index (χ2v) is 7.29. The van der Waals surface area contributed by atoms with E-state index in [1.807, 2.05) is 35.2 Å². The Morgan fingerprint density at radius 3 is 2.89 bits per heavy atom. The van der Waals surface area contributed by atoms with Gasteiger partial charge in [0.1, 0.15) is 0 Å². The van der Waals surface area contributed by atoms with Crippen molar-refractivity contribution in [3.05, 3.63) is 52.6 Å². The zero-order valence-electron chi connectivity index (χ0n) is 14.6. The minimum atomic E-state index is -0.100. The van der Waals surface area contributed by atoms with Gasteiger partial charge in [0.25, 0.3) is 0 Å². The van der Waals surface area contributed by atoms with Crippen LogP contribution in [-0.4, -0.2) is 47.3 Å². The first-order valence-corrected chi connectivity index (χ1v) is 9.55. The highest BCUT2D eigenvalue weighted by atomic mass is 35.5. The second kappa shape index (κ2) is 7.66. The topological polar surface area (TPSA) is 64.3 Å². The maximum Gasteiger partial charge on any atom is 0.321 e. The number of hydrogen-bond donors (Lipinski definition) is 2. The monoisotopic (exact) mass is 403 g/mol. The average molecular weight is 404 g/mol. The number of carbonyl (C=O) groups excluding carboxylic acids is 1. The molecule has 0 unspecified atom stereocenters. The molecule has 1 aliphatic rings. The van der Waals surface area contributed by atoms with Gasteiger partial charge in [0, 0.05) is 37.3 Å². The van der Waals surface area contributed by atoms with Gasteiger partial charge in [-0.3, -0.25) is 5.10 Å². The van der Waals surface area contributed by atoms with Gasteiger partial charge in [-0.05, 0) is 36.8 Å². The molecule has 2 N–H and O–H groups in total. The molecule has 3 aromatic rings. The SMILES string of the molecule is O=C(Nc1ccc2[nH]ncc2c1)N1CCCN(c2cccc(Cl)c2Cl)CC1. The third kappa shape index (κ3) is 3.82. The van der Waals surface area contributed by atoms with E-state index in [0.717, 1.165) is 35.2 Å². The predicted molar refractivity (Wildman–Crippen MR) is 110 cm³/mol. The summed E-state index contributed by atoms with van der Waals surface area (Å²) in [5, 5.41) is 11.9. The summed E-state index contributed by atoms with van der Waals surface area (Å²) in [7, 11) is 0. The summed E-state index contributed by atoms with van der Waals surface area (Å²) < 4.78 is 0. The van der Waals surface area contributed by atoms with Crippen molar-refractivity contribution in [1.82, 2.24) is 15.1 Å². The molecule has 0 spiro atoms. The van der Waals surface area contributed by atoms with E-state index in [2.05, 4.69) is 20.4 Å². The molecular formula is C19H19Cl2N5O. The third-order valence-electron chi connectivity index (χ3n) is 4.75. The molecule has 2 amide bonds. The first-order chi connectivity index (χ1) is 13.1. The number of rotatable bonds is 2. The summed E-state index contributed by atoms with van der Waals surface area (Å²) in [4.78, 5) is 16.7. The molecular weight excluding hydrogens is 385 g/mol. The molecule has 0 bridgehead atoms. The van der Waals surface area contributed by atoms with Crippen molar-refractivity contribution < 1.29 is 4.79 Å². The largest absolute Gasteiger partial charge is 0.368 e. The molecule has 0 radical (unpaired) electrons. The smallest absolute Gasteiger partial charge is 0.321 e. The molecule has 1 aromatic heterocycles. The predicted octanol–water partition coefficient (Wildman–Crippen LogP) is 4.61. The van der Waals surface area contributed by atoms with Crippen LogP contribution in [0.2, 0.25) is 10.0 Å². The summed E-state index contributed by atoms with van der Waals surface area (Å²) in [5.41, 5.74) is 2.61. The lowest BCUT2D eigenvalue weighted by Gasteiger charge is -2.25. The number of carbonyl (C=O) groups is 1. The number of urea groups is 1. The van der Waals surface area contributed by atoms with Crippen LogP contribution in [0.4, 0.5) is 16.2 Å². The number of H-pyrrole nitrogens is 1. The number of nitrogens with one attached hydrogen (secondary N) is 2. The van der Waals surface area contributed by atoms with Crippen LogP contribution >= 0.6 is 23.2 Å². The molecule has 0 atom stereocenters. The highest BCUT2D eigenvalue weighted by Crippen LogP contribution is 2.32. The van der Waals surface area contributed by atoms with Gasteiger partial charge in [-0.1, -0.05) is 29.3 Å². The van der Waals surface area contributed by atoms with Crippen molar-refractivity contribution in [3.63, 3.8) is 0 Å². The Kier molecular flexibility index (Phi) is 5.09. The van der Waals surface area contributed by atoms with Gasteiger partial charge < -0.3 is 15.1 Å². The molecule has 0 saturated carbocycles. The molecule has 1 fully saturated rings. The van der Waals surface area contributed by atoms with E-state index in [-0.39, 0.29) is 6.03 Å². The molecule has 8 heteroatoms. The number of benzene rings is 2. The van der Waals surface area contributed by atoms with Crippen molar-refractivity contribution in [2.24, 2.45) is 0 Å². The van der Waals surface area contributed by atoms with Gasteiger partial charge in [-0.15, -0.1) is 0 Å². The molecule has 6 nitrogen and oxygen atoms in total. The standard InChI is InChI=1S/C19H19Cl2N5O/c20-15-3-1-4-17(18(15)21)25-7-2-8-26(10-9-25)19(27)23-14-5-6-16-13(11-14)12-22-24-16/h1,3-6,11-12H,2,7-10H2,(H,22,24)(H,23,27). The summed E-state index contributed by atoms with van der Waals surface area (Å²) in [6, 6.07) is 11.2. The lowest BCUT2D eigenvalue weighted by atomic mass is 10.2. The zero-order valence-corrected chi connectivity index (χ0v) is 16.1. The number of halogens is 2. The number of nitrogens with zero attached hydrogens (tertiary/aromatic N) is 3. The number of anilines is 2. The van der Waals surface area contributed by atoms with Crippen LogP contribution in [-0.2, 0) is 0 Å². The van der Waals surface area contributed by atoms with Gasteiger partial charge in [0.05, 0.1) is 27.4 Å². The van der Waals surface area contributed by atoms with Crippen LogP contribution in [0.5, 0.6) is 0 Å². The Balaban J connectivity index is 1.42. The van der Waals surface area contributed by atoms with Crippen LogP contribution < -0.4 is 10.2 Å². The minimum Gasteiger partial charge on any atom is -0.368 e. The Morgan fingerprint density at radius 1 is 1.11 bits per heavy atom. The molecule has 2 aromatic carbocycles. The van der Waals surface area contributed by atoms with Crippen molar-refractivity contribution in [2.75, 3.05) is 36.4 Å². The highest BCUT2D eigenvalue weighted by Gasteiger charge is 2.21. The Labute approximate surface area is 167 Å². The number of fused-ring (bicyclic) bond motifs is 1. The van der Waals surface area contributed by atoms with E-state index in [0.29, 0.717) is 29.7 Å². The summed E-state index contributed by atoms with van der Waals surface area (Å²) in [6.45, 7) is 2.83. The normalized spacial score (nSPS) is 15.0. The van der Waals surface area contributed by atoms with Crippen molar-refractivity contribution in [3.8, 4) is 0 Å². The van der Waals surface area contributed by atoms with Gasteiger partial charge in [0.15, 0.2) is 0 Å². The van der Waals surface area contributed by atoms with Crippen LogP contribution in [0, 0.1) is 0 Å². The van der Waals surface area contributed by atoms with E-state index in [1.165, 1.54) is 0 Å². The molecule has 0 aliphatic carbocycles. The van der Waals surface area contributed by atoms with E-state index in [1.54, 1.807) is 12.3 Å². The fourth-order valence-corrected chi connectivity index (χ4v) is 3.74. The summed E-state index contributed by atoms with van der Waals surface area (Å²) in [6.07, 6.45) is 2.60. The summed E-state index contributed by atoms with van der Waals surface area (Å²) in [5.74, 6) is 0. The van der Waals surface area contributed by atoms with Crippen molar-refractivity contribution in [1.29, 1.82) is 0 Å². The minimum absolute atomic E-state index is 0.100. The highest BCUT2D eigenvalue weighted by molar-refractivity contribution is 6.43. The van der Waals surface area contributed by atoms with Gasteiger partial charge in [-0.25, -0.2) is 4.79 Å². The molecule has 4 rings (SSSR count). The number of aromatic nitrogens is 2. The van der Waals surface area contributed by atoms with E-state index < -0.39 is 0 Å². The van der Waals surface area contributed by atoms with Crippen molar-refractivity contribution in [2.45, 2.75) is 6.42 Å². The quantitative estimate of drug-likeness (QED) is 0.656. The Bertz CT molecular complexity index is 974. The lowest BCUT2D eigenvalue weighted by molar-refractivity contribution is 0.215. The van der Waals surface area contributed by atoms with Gasteiger partial charge in [0.2, 0.25) is 0 Å². The number of aromatic amines is 1. The molecule has 2 heterocycles. The first-order valence-electron chi connectivity index (χ1n) is 8.80. The fourth-order valence-electron chi connectivity index (χ4n) is 3.32. The van der Waals surface area contributed by atoms with Crippen LogP contribution in [0.15, 0.2) is 42.6 Å².